The van der Waals surface area contributed by atoms with Gasteiger partial charge < -0.3 is 15.4 Å². The van der Waals surface area contributed by atoms with Crippen LogP contribution in [0.1, 0.15) is 143 Å². The molecular formula is C36H61N3O5. The highest BCUT2D eigenvalue weighted by molar-refractivity contribution is 6.00. The second kappa shape index (κ2) is 24.4. The zero-order valence-electron chi connectivity index (χ0n) is 28.3. The lowest BCUT2D eigenvalue weighted by Crippen LogP contribution is -2.57. The largest absolute Gasteiger partial charge is 0.445 e. The van der Waals surface area contributed by atoms with E-state index in [1.54, 1.807) is 27.7 Å². The van der Waals surface area contributed by atoms with Gasteiger partial charge in [0.05, 0.1) is 0 Å². The van der Waals surface area contributed by atoms with Gasteiger partial charge in [-0.05, 0) is 23.8 Å². The van der Waals surface area contributed by atoms with Crippen LogP contribution in [-0.2, 0) is 25.7 Å². The van der Waals surface area contributed by atoms with E-state index in [1.807, 2.05) is 30.3 Å². The normalized spacial score (nSPS) is 12.5. The molecule has 0 aliphatic carbocycles. The minimum absolute atomic E-state index is 0.0810. The van der Waals surface area contributed by atoms with Gasteiger partial charge in [-0.15, -0.1) is 0 Å². The number of ether oxygens (including phenoxy) is 1. The van der Waals surface area contributed by atoms with Crippen LogP contribution in [0.15, 0.2) is 30.3 Å². The highest BCUT2D eigenvalue weighted by Crippen LogP contribution is 2.14. The first-order valence-corrected chi connectivity index (χ1v) is 17.3. The van der Waals surface area contributed by atoms with Crippen molar-refractivity contribution in [3.05, 3.63) is 35.9 Å². The van der Waals surface area contributed by atoms with E-state index in [-0.39, 0.29) is 30.8 Å². The van der Waals surface area contributed by atoms with Gasteiger partial charge in [0.2, 0.25) is 17.7 Å². The molecule has 0 aliphatic rings. The Labute approximate surface area is 267 Å². The number of alkyl carbamates (subject to hydrolysis) is 1. The fraction of sp³-hybridized carbons (Fsp3) is 0.722. The van der Waals surface area contributed by atoms with E-state index in [9.17, 15) is 19.2 Å². The minimum atomic E-state index is -0.907. The molecule has 0 fully saturated rings. The Hall–Kier alpha value is -2.90. The van der Waals surface area contributed by atoms with Gasteiger partial charge in [-0.2, -0.15) is 0 Å². The lowest BCUT2D eigenvalue weighted by molar-refractivity contribution is -0.135. The zero-order valence-corrected chi connectivity index (χ0v) is 28.3. The summed E-state index contributed by atoms with van der Waals surface area (Å²) in [5, 5.41) is 7.80. The summed E-state index contributed by atoms with van der Waals surface area (Å²) in [4.78, 5) is 50.8. The summed E-state index contributed by atoms with van der Waals surface area (Å²) in [7, 11) is 0. The molecule has 8 nitrogen and oxygen atoms in total. The summed E-state index contributed by atoms with van der Waals surface area (Å²) in [5.41, 5.74) is 0.832. The molecule has 4 amide bonds. The van der Waals surface area contributed by atoms with E-state index in [4.69, 9.17) is 4.74 Å². The van der Waals surface area contributed by atoms with Crippen LogP contribution in [0.25, 0.3) is 0 Å². The van der Waals surface area contributed by atoms with Crippen molar-refractivity contribution < 1.29 is 23.9 Å². The molecule has 0 saturated heterocycles. The van der Waals surface area contributed by atoms with E-state index in [2.05, 4.69) is 22.9 Å². The molecule has 0 aromatic heterocycles. The van der Waals surface area contributed by atoms with E-state index < -0.39 is 30.0 Å². The van der Waals surface area contributed by atoms with Crippen LogP contribution in [-0.4, -0.2) is 35.9 Å². The maximum atomic E-state index is 13.1. The van der Waals surface area contributed by atoms with Gasteiger partial charge in [0, 0.05) is 6.42 Å². The van der Waals surface area contributed by atoms with Crippen molar-refractivity contribution in [2.24, 2.45) is 11.8 Å². The Balaban J connectivity index is 2.29. The molecule has 0 heterocycles. The number of amides is 4. The van der Waals surface area contributed by atoms with Gasteiger partial charge in [-0.25, -0.2) is 4.79 Å². The molecule has 0 unspecified atom stereocenters. The van der Waals surface area contributed by atoms with Gasteiger partial charge in [0.1, 0.15) is 18.7 Å². The number of benzene rings is 1. The summed E-state index contributed by atoms with van der Waals surface area (Å²) in [6.07, 6.45) is 18.3. The SMILES string of the molecule is CCCCCCCCCCCCCCCCCC(=O)NC(=O)[C@@H](NC(=O)[C@@H](NC(=O)OCc1ccccc1)C(C)C)C(C)C. The Morgan fingerprint density at radius 1 is 0.614 bits per heavy atom. The van der Waals surface area contributed by atoms with Crippen LogP contribution < -0.4 is 16.0 Å². The minimum Gasteiger partial charge on any atom is -0.445 e. The molecule has 0 radical (unpaired) electrons. The van der Waals surface area contributed by atoms with Gasteiger partial charge in [0.25, 0.3) is 0 Å². The first kappa shape index (κ1) is 39.1. The first-order valence-electron chi connectivity index (χ1n) is 17.3. The van der Waals surface area contributed by atoms with Crippen molar-refractivity contribution in [1.82, 2.24) is 16.0 Å². The number of nitrogens with one attached hydrogen (secondary N) is 3. The third-order valence-electron chi connectivity index (χ3n) is 7.95. The topological polar surface area (TPSA) is 114 Å². The summed E-state index contributed by atoms with van der Waals surface area (Å²) >= 11 is 0. The third kappa shape index (κ3) is 18.7. The number of carbonyl (C=O) groups is 4. The van der Waals surface area contributed by atoms with Crippen LogP contribution in [0.2, 0.25) is 0 Å². The molecule has 0 saturated carbocycles. The zero-order chi connectivity index (χ0) is 32.6. The number of hydrogen-bond donors (Lipinski definition) is 3. The monoisotopic (exact) mass is 615 g/mol. The van der Waals surface area contributed by atoms with Gasteiger partial charge >= 0.3 is 6.09 Å². The van der Waals surface area contributed by atoms with Crippen molar-refractivity contribution in [3.8, 4) is 0 Å². The van der Waals surface area contributed by atoms with Crippen molar-refractivity contribution in [1.29, 1.82) is 0 Å². The number of rotatable bonds is 24. The van der Waals surface area contributed by atoms with E-state index in [0.29, 0.717) is 0 Å². The van der Waals surface area contributed by atoms with Crippen LogP contribution in [0.3, 0.4) is 0 Å². The summed E-state index contributed by atoms with van der Waals surface area (Å²) in [5.74, 6) is -1.86. The highest BCUT2D eigenvalue weighted by atomic mass is 16.5. The first-order chi connectivity index (χ1) is 21.1. The second-order valence-corrected chi connectivity index (χ2v) is 12.8. The van der Waals surface area contributed by atoms with Crippen LogP contribution in [0.4, 0.5) is 4.79 Å². The standard InChI is InChI=1S/C36H61N3O5/c1-6-7-8-9-10-11-12-13-14-15-16-17-18-19-23-26-31(40)37-34(41)32(28(2)3)38-35(42)33(29(4)5)39-36(43)44-27-30-24-21-20-22-25-30/h20-22,24-25,28-29,32-33H,6-19,23,26-27H2,1-5H3,(H,38,42)(H,39,43)(H,37,40,41)/t32-,33-/m0/s1. The van der Waals surface area contributed by atoms with Crippen LogP contribution in [0, 0.1) is 11.8 Å². The molecular weight excluding hydrogens is 554 g/mol. The molecule has 0 spiro atoms. The average Bonchev–Trinajstić information content (AvgIpc) is 2.99. The number of imide groups is 1. The smallest absolute Gasteiger partial charge is 0.408 e. The molecule has 1 rings (SSSR count). The Morgan fingerprint density at radius 2 is 1.07 bits per heavy atom. The quantitative estimate of drug-likeness (QED) is 0.102. The predicted molar refractivity (Wildman–Crippen MR) is 178 cm³/mol. The Morgan fingerprint density at radius 3 is 1.55 bits per heavy atom. The number of unbranched alkanes of at least 4 members (excludes halogenated alkanes) is 14. The average molecular weight is 616 g/mol. The number of carbonyl (C=O) groups excluding carboxylic acids is 4. The molecule has 44 heavy (non-hydrogen) atoms. The van der Waals surface area contributed by atoms with Crippen LogP contribution >= 0.6 is 0 Å². The summed E-state index contributed by atoms with van der Waals surface area (Å²) in [6.45, 7) is 9.54. The molecule has 250 valence electrons. The molecule has 2 atom stereocenters. The fourth-order valence-corrected chi connectivity index (χ4v) is 5.14. The van der Waals surface area contributed by atoms with Gasteiger partial charge in [0.15, 0.2) is 0 Å². The molecule has 0 bridgehead atoms. The lowest BCUT2D eigenvalue weighted by atomic mass is 9.99. The molecule has 1 aromatic carbocycles. The molecule has 3 N–H and O–H groups in total. The maximum Gasteiger partial charge on any atom is 0.408 e. The third-order valence-corrected chi connectivity index (χ3v) is 7.95. The van der Waals surface area contributed by atoms with E-state index >= 15 is 0 Å². The van der Waals surface area contributed by atoms with Crippen molar-refractivity contribution in [2.75, 3.05) is 0 Å². The molecule has 0 aliphatic heterocycles. The van der Waals surface area contributed by atoms with Crippen molar-refractivity contribution >= 4 is 23.8 Å². The number of hydrogen-bond acceptors (Lipinski definition) is 5. The summed E-state index contributed by atoms with van der Waals surface area (Å²) in [6, 6.07) is 7.45. The predicted octanol–water partition coefficient (Wildman–Crippen LogP) is 7.98. The lowest BCUT2D eigenvalue weighted by Gasteiger charge is -2.26. The van der Waals surface area contributed by atoms with Gasteiger partial charge in [-0.1, -0.05) is 155 Å². The van der Waals surface area contributed by atoms with Gasteiger partial charge in [-0.3, -0.25) is 19.7 Å². The Bertz CT molecular complexity index is 935. The summed E-state index contributed by atoms with van der Waals surface area (Å²) < 4.78 is 5.26. The fourth-order valence-electron chi connectivity index (χ4n) is 5.14. The Kier molecular flexibility index (Phi) is 21.7. The maximum absolute atomic E-state index is 13.1. The van der Waals surface area contributed by atoms with Crippen LogP contribution in [0.5, 0.6) is 0 Å². The molecule has 1 aromatic rings. The van der Waals surface area contributed by atoms with Crippen molar-refractivity contribution in [2.45, 2.75) is 156 Å². The van der Waals surface area contributed by atoms with E-state index in [1.165, 1.54) is 77.0 Å². The molecule has 8 heteroatoms. The van der Waals surface area contributed by atoms with E-state index in [0.717, 1.165) is 24.8 Å². The highest BCUT2D eigenvalue weighted by Gasteiger charge is 2.31. The van der Waals surface area contributed by atoms with Crippen molar-refractivity contribution in [3.63, 3.8) is 0 Å². The second-order valence-electron chi connectivity index (χ2n) is 12.8.